The fourth-order valence-electron chi connectivity index (χ4n) is 16.7. The van der Waals surface area contributed by atoms with Crippen molar-refractivity contribution in [3.05, 3.63) is 41.5 Å². The zero-order chi connectivity index (χ0) is 66.6. The molecular formula is C70H122O15SSi4. The van der Waals surface area contributed by atoms with Gasteiger partial charge in [0.05, 0.1) is 50.1 Å². The molecule has 1 N–H and O–H groups in total. The van der Waals surface area contributed by atoms with Crippen LogP contribution in [0.25, 0.3) is 0 Å². The van der Waals surface area contributed by atoms with E-state index in [0.717, 1.165) is 86.5 Å². The third kappa shape index (κ3) is 15.5. The van der Waals surface area contributed by atoms with Crippen LogP contribution in [0.5, 0.6) is 5.75 Å². The lowest BCUT2D eigenvalue weighted by Crippen LogP contribution is -2.66. The molecule has 4 aliphatic carbocycles. The maximum Gasteiger partial charge on any atom is 0.338 e. The number of fused-ring (bicyclic) bond motifs is 5. The Bertz CT molecular complexity index is 2530. The van der Waals surface area contributed by atoms with Gasteiger partial charge in [-0.05, 0) is 171 Å². The highest BCUT2D eigenvalue weighted by Gasteiger charge is 2.71. The average Bonchev–Trinajstić information content (AvgIpc) is 1.47. The van der Waals surface area contributed by atoms with Gasteiger partial charge in [-0.25, -0.2) is 4.79 Å². The van der Waals surface area contributed by atoms with Crippen LogP contribution in [0.2, 0.25) is 72.5 Å². The maximum atomic E-state index is 14.9. The Morgan fingerprint density at radius 1 is 0.689 bits per heavy atom. The molecule has 90 heavy (non-hydrogen) atoms. The topological polar surface area (TPSA) is 173 Å². The quantitative estimate of drug-likeness (QED) is 0.0455. The third-order valence-electron chi connectivity index (χ3n) is 24.4. The normalized spacial score (nSPS) is 33.8. The molecule has 17 atom stereocenters. The third-order valence-corrected chi connectivity index (χ3v) is 44.4. The summed E-state index contributed by atoms with van der Waals surface area (Å²) in [6.07, 6.45) is -0.521. The van der Waals surface area contributed by atoms with Crippen molar-refractivity contribution in [3.63, 3.8) is 0 Å². The first-order valence-corrected chi connectivity index (χ1v) is 46.7. The lowest BCUT2D eigenvalue weighted by atomic mass is 9.46. The van der Waals surface area contributed by atoms with Gasteiger partial charge in [0.15, 0.2) is 63.2 Å². The Kier molecular flexibility index (Phi) is 25.8. The van der Waals surface area contributed by atoms with Crippen molar-refractivity contribution in [2.45, 2.75) is 309 Å². The van der Waals surface area contributed by atoms with Crippen LogP contribution < -0.4 is 4.74 Å². The number of carbonyl (C=O) groups is 3. The number of thioether (sulfide) groups is 1. The fourth-order valence-corrected chi connectivity index (χ4v) is 27.5. The van der Waals surface area contributed by atoms with Crippen LogP contribution in [-0.2, 0) is 55.7 Å². The highest BCUT2D eigenvalue weighted by molar-refractivity contribution is 8.13. The molecule has 2 heterocycles. The van der Waals surface area contributed by atoms with Crippen LogP contribution >= 0.6 is 11.8 Å². The second-order valence-corrected chi connectivity index (χ2v) is 50.1. The van der Waals surface area contributed by atoms with Crippen LogP contribution in [0, 0.1) is 40.4 Å². The van der Waals surface area contributed by atoms with Gasteiger partial charge in [-0.1, -0.05) is 141 Å². The first-order valence-electron chi connectivity index (χ1n) is 35.2. The van der Waals surface area contributed by atoms with E-state index in [0.29, 0.717) is 35.8 Å². The molecule has 1 aromatic rings. The largest absolute Gasteiger partial charge is 0.497 e. The summed E-state index contributed by atoms with van der Waals surface area (Å²) < 4.78 is 77.3. The molecule has 2 aliphatic heterocycles. The first-order chi connectivity index (χ1) is 42.3. The van der Waals surface area contributed by atoms with Gasteiger partial charge >= 0.3 is 11.9 Å². The number of rotatable bonds is 29. The van der Waals surface area contributed by atoms with Crippen molar-refractivity contribution in [1.29, 1.82) is 0 Å². The van der Waals surface area contributed by atoms with Gasteiger partial charge in [0.2, 0.25) is 0 Å². The Balaban J connectivity index is 1.33. The van der Waals surface area contributed by atoms with Gasteiger partial charge in [-0.3, -0.25) is 9.59 Å². The van der Waals surface area contributed by atoms with E-state index >= 15 is 0 Å². The summed E-state index contributed by atoms with van der Waals surface area (Å²) >= 11 is 1.29. The maximum absolute atomic E-state index is 14.9. The van der Waals surface area contributed by atoms with Crippen molar-refractivity contribution in [2.24, 2.45) is 40.4 Å². The van der Waals surface area contributed by atoms with E-state index < -0.39 is 117 Å². The van der Waals surface area contributed by atoms with E-state index in [-0.39, 0.29) is 52.6 Å². The summed E-state index contributed by atoms with van der Waals surface area (Å²) in [6, 6.07) is 14.4. The number of methoxy groups -OCH3 is 1. The first kappa shape index (κ1) is 75.6. The molecule has 6 aliphatic rings. The summed E-state index contributed by atoms with van der Waals surface area (Å²) in [4.78, 5) is 43.6. The SMILES string of the molecule is CC[Si](CC)(CC)O[C@@H]1[C@@H](OC(=O)c2ccc(OC)cc2)[C@H](O[C@@H]2[C@@H](OC(C)=O)[C@H](O[C@H]3C[C@H]4[C@@H]5CC=C6C[C@@H](O[Si](C)(C)C(C)(C)C)CC[C@]6(C)[C@H]5CC[C@]4(C)[C@@]3(O)[C@H](C)C(=O)SCC(C)C)OC[C@@H]2O[Si](CC)(CC)CC)OC[C@H]1O[Si](CC)(CC)CC. The van der Waals surface area contributed by atoms with E-state index in [1.165, 1.54) is 24.3 Å². The molecule has 20 heteroatoms. The highest BCUT2D eigenvalue weighted by Crippen LogP contribution is 2.69. The number of benzene rings is 1. The molecule has 0 aromatic heterocycles. The minimum absolute atomic E-state index is 0.00693. The van der Waals surface area contributed by atoms with Crippen molar-refractivity contribution in [1.82, 2.24) is 0 Å². The second-order valence-electron chi connectivity index (χ2n) is 30.2. The molecule has 1 aromatic carbocycles. The molecule has 2 saturated heterocycles. The summed E-state index contributed by atoms with van der Waals surface area (Å²) in [5, 5.41) is 14.3. The number of carbonyl (C=O) groups excluding carboxylic acids is 3. The van der Waals surface area contributed by atoms with Crippen molar-refractivity contribution < 1.29 is 70.4 Å². The lowest BCUT2D eigenvalue weighted by Gasteiger charge is -2.60. The van der Waals surface area contributed by atoms with Gasteiger partial charge in [0, 0.05) is 24.2 Å². The molecule has 3 saturated carbocycles. The Hall–Kier alpha value is -1.77. The molecule has 0 amide bonds. The predicted molar refractivity (Wildman–Crippen MR) is 369 cm³/mol. The zero-order valence-electron chi connectivity index (χ0n) is 59.6. The number of hydrogen-bond donors (Lipinski definition) is 1. The molecule has 7 rings (SSSR count). The summed E-state index contributed by atoms with van der Waals surface area (Å²) in [5.41, 5.74) is -0.586. The molecule has 0 bridgehead atoms. The molecule has 0 radical (unpaired) electrons. The Morgan fingerprint density at radius 3 is 1.72 bits per heavy atom. The highest BCUT2D eigenvalue weighted by atomic mass is 32.2. The number of hydrogen-bond acceptors (Lipinski definition) is 16. The zero-order valence-corrected chi connectivity index (χ0v) is 64.4. The standard InChI is InChI=1S/C70H122O15SSi4/c1-22-88(23-2,24-3)83-56-43-76-65(79-58-42-55-53-36-33-50-41-52(82-87(20,21)67(14,15)16)37-39-68(50,17)54(53)38-40-69(55,18)70(58,74)47(12)64(73)86-45-46(10)11)61(78-48(13)71)59(56)81-66-62(80-63(72)49-31-34-51(75-19)35-32-49)60(85-90(28-7,29-8)30-9)57(44-77-66)84-89(25-4,26-5)27-6/h31-35,46-47,52-62,65-66,74H,22-30,36-45H2,1-21H3/t47-,52+,53-,54+,55+,56+,57-,58+,59+,60+,61-,62-,65+,66+,68+,69+,70-/m1/s1. The van der Waals surface area contributed by atoms with Crippen molar-refractivity contribution in [3.8, 4) is 5.75 Å². The average molecular weight is 1350 g/mol. The van der Waals surface area contributed by atoms with E-state index in [4.69, 9.17) is 50.9 Å². The molecule has 5 fully saturated rings. The number of allylic oxidation sites excluding steroid dienone is 1. The van der Waals surface area contributed by atoms with Crippen LogP contribution in [-0.4, -0.2) is 149 Å². The smallest absolute Gasteiger partial charge is 0.338 e. The number of aliphatic hydroxyl groups is 1. The van der Waals surface area contributed by atoms with Gasteiger partial charge < -0.3 is 56.0 Å². The van der Waals surface area contributed by atoms with E-state index in [9.17, 15) is 19.5 Å². The van der Waals surface area contributed by atoms with Crippen LogP contribution in [0.3, 0.4) is 0 Å². The van der Waals surface area contributed by atoms with Crippen LogP contribution in [0.1, 0.15) is 180 Å². The van der Waals surface area contributed by atoms with Crippen molar-refractivity contribution in [2.75, 3.05) is 26.1 Å². The van der Waals surface area contributed by atoms with Crippen molar-refractivity contribution >= 4 is 62.1 Å². The lowest BCUT2D eigenvalue weighted by molar-refractivity contribution is -0.342. The van der Waals surface area contributed by atoms with Gasteiger partial charge in [-0.2, -0.15) is 0 Å². The van der Waals surface area contributed by atoms with Gasteiger partial charge in [0.25, 0.3) is 0 Å². The van der Waals surface area contributed by atoms with Crippen LogP contribution in [0.15, 0.2) is 35.9 Å². The summed E-state index contributed by atoms with van der Waals surface area (Å²) in [7, 11) is -7.79. The fraction of sp³-hybridized carbons (Fsp3) is 0.843. The van der Waals surface area contributed by atoms with E-state index in [2.05, 4.69) is 130 Å². The molecule has 0 unspecified atom stereocenters. The molecule has 0 spiro atoms. The monoisotopic (exact) mass is 1350 g/mol. The number of esters is 2. The summed E-state index contributed by atoms with van der Waals surface area (Å²) in [5.74, 6) is 0.0413. The van der Waals surface area contributed by atoms with Crippen LogP contribution in [0.4, 0.5) is 0 Å². The number of ether oxygens (including phenoxy) is 7. The Morgan fingerprint density at radius 2 is 1.21 bits per heavy atom. The molecule has 514 valence electrons. The van der Waals surface area contributed by atoms with E-state index in [1.807, 2.05) is 6.92 Å². The second kappa shape index (κ2) is 30.8. The van der Waals surface area contributed by atoms with Gasteiger partial charge in [-0.15, -0.1) is 0 Å². The molecular weight excluding hydrogens is 1230 g/mol. The van der Waals surface area contributed by atoms with Gasteiger partial charge in [0.1, 0.15) is 23.6 Å². The Labute approximate surface area is 552 Å². The summed E-state index contributed by atoms with van der Waals surface area (Å²) in [6.45, 7) is 43.6. The minimum Gasteiger partial charge on any atom is -0.497 e. The minimum atomic E-state index is -2.52. The predicted octanol–water partition coefficient (Wildman–Crippen LogP) is 16.1. The molecule has 15 nitrogen and oxygen atoms in total. The van der Waals surface area contributed by atoms with E-state index in [1.54, 1.807) is 31.4 Å².